The second-order valence-electron chi connectivity index (χ2n) is 5.21. The fourth-order valence-corrected chi connectivity index (χ4v) is 3.69. The lowest BCUT2D eigenvalue weighted by atomic mass is 9.68. The molecular weight excluding hydrogens is 296 g/mol. The van der Waals surface area contributed by atoms with E-state index in [2.05, 4.69) is 25.5 Å². The molecule has 0 spiro atoms. The van der Waals surface area contributed by atoms with Crippen LogP contribution >= 0.6 is 15.9 Å². The second kappa shape index (κ2) is 4.37. The molecule has 1 aliphatic carbocycles. The van der Waals surface area contributed by atoms with Crippen molar-refractivity contribution in [1.29, 1.82) is 0 Å². The summed E-state index contributed by atoms with van der Waals surface area (Å²) < 4.78 is 8.15. The fourth-order valence-electron chi connectivity index (χ4n) is 3.11. The number of carbonyl (C=O) groups excluding carboxylic acids is 1. The van der Waals surface area contributed by atoms with Crippen LogP contribution in [0.15, 0.2) is 4.60 Å². The number of halogens is 1. The van der Waals surface area contributed by atoms with Crippen molar-refractivity contribution in [1.82, 2.24) is 9.55 Å². The molecule has 1 aromatic rings. The molecule has 5 heteroatoms. The van der Waals surface area contributed by atoms with Gasteiger partial charge in [0.15, 0.2) is 0 Å². The zero-order valence-corrected chi connectivity index (χ0v) is 12.1. The van der Waals surface area contributed by atoms with Gasteiger partial charge in [-0.1, -0.05) is 6.42 Å². The van der Waals surface area contributed by atoms with Gasteiger partial charge in [-0.15, -0.1) is 0 Å². The molecule has 0 unspecified atom stereocenters. The molecule has 98 valence electrons. The summed E-state index contributed by atoms with van der Waals surface area (Å²) in [6.07, 6.45) is 6.22. The molecule has 18 heavy (non-hydrogen) atoms. The molecule has 1 aromatic heterocycles. The van der Waals surface area contributed by atoms with Crippen molar-refractivity contribution < 1.29 is 9.53 Å². The van der Waals surface area contributed by atoms with E-state index >= 15 is 0 Å². The average Bonchev–Trinajstić information content (AvgIpc) is 2.67. The van der Waals surface area contributed by atoms with Gasteiger partial charge in [0.2, 0.25) is 0 Å². The predicted molar refractivity (Wildman–Crippen MR) is 70.4 cm³/mol. The number of esters is 1. The largest absolute Gasteiger partial charge is 0.468 e. The zero-order valence-electron chi connectivity index (χ0n) is 10.5. The van der Waals surface area contributed by atoms with Crippen LogP contribution in [0, 0.1) is 0 Å². The highest BCUT2D eigenvalue weighted by Gasteiger charge is 2.51. The average molecular weight is 313 g/mol. The Bertz CT molecular complexity index is 491. The third kappa shape index (κ3) is 1.56. The van der Waals surface area contributed by atoms with Crippen molar-refractivity contribution in [2.75, 3.05) is 7.11 Å². The molecular formula is C13H17BrN2O2. The maximum atomic E-state index is 12.1. The summed E-state index contributed by atoms with van der Waals surface area (Å²) in [5, 5.41) is 0. The minimum absolute atomic E-state index is 0.125. The highest BCUT2D eigenvalue weighted by molar-refractivity contribution is 9.10. The fraction of sp³-hybridized carbons (Fsp3) is 0.692. The molecule has 1 fully saturated rings. The summed E-state index contributed by atoms with van der Waals surface area (Å²) >= 11 is 3.54. The zero-order chi connectivity index (χ0) is 12.8. The van der Waals surface area contributed by atoms with Crippen LogP contribution in [0.2, 0.25) is 0 Å². The van der Waals surface area contributed by atoms with Gasteiger partial charge in [0.25, 0.3) is 0 Å². The molecule has 3 rings (SSSR count). The Morgan fingerprint density at radius 1 is 1.39 bits per heavy atom. The number of imidazole rings is 1. The Morgan fingerprint density at radius 2 is 2.17 bits per heavy atom. The molecule has 0 amide bonds. The van der Waals surface area contributed by atoms with Crippen molar-refractivity contribution in [3.63, 3.8) is 0 Å². The van der Waals surface area contributed by atoms with Gasteiger partial charge < -0.3 is 9.30 Å². The number of hydrogen-bond acceptors (Lipinski definition) is 3. The van der Waals surface area contributed by atoms with Crippen LogP contribution in [0.4, 0.5) is 0 Å². The second-order valence-corrected chi connectivity index (χ2v) is 5.96. The number of nitrogens with zero attached hydrogens (tertiary/aromatic N) is 2. The Kier molecular flexibility index (Phi) is 2.96. The molecule has 1 aliphatic heterocycles. The van der Waals surface area contributed by atoms with Gasteiger partial charge >= 0.3 is 5.97 Å². The number of rotatable bonds is 2. The maximum Gasteiger partial charge on any atom is 0.319 e. The number of ether oxygens (including phenoxy) is 1. The molecule has 4 nitrogen and oxygen atoms in total. The van der Waals surface area contributed by atoms with E-state index in [1.165, 1.54) is 25.6 Å². The number of carbonyl (C=O) groups is 1. The van der Waals surface area contributed by atoms with Gasteiger partial charge in [-0.2, -0.15) is 0 Å². The Morgan fingerprint density at radius 3 is 2.78 bits per heavy atom. The molecule has 1 saturated carbocycles. The van der Waals surface area contributed by atoms with E-state index in [1.807, 2.05) is 0 Å². The minimum atomic E-state index is -0.479. The van der Waals surface area contributed by atoms with Crippen LogP contribution in [0.3, 0.4) is 0 Å². The Balaban J connectivity index is 2.08. The molecule has 0 aromatic carbocycles. The van der Waals surface area contributed by atoms with Crippen molar-refractivity contribution in [3.8, 4) is 0 Å². The van der Waals surface area contributed by atoms with Gasteiger partial charge in [0, 0.05) is 6.54 Å². The monoisotopic (exact) mass is 312 g/mol. The summed E-state index contributed by atoms with van der Waals surface area (Å²) in [4.78, 5) is 16.8. The van der Waals surface area contributed by atoms with E-state index in [0.29, 0.717) is 0 Å². The number of hydrogen-bond donors (Lipinski definition) is 0. The van der Waals surface area contributed by atoms with Crippen molar-refractivity contribution in [2.24, 2.45) is 0 Å². The van der Waals surface area contributed by atoms with E-state index in [4.69, 9.17) is 4.74 Å². The quantitative estimate of drug-likeness (QED) is 0.788. The predicted octanol–water partition coefficient (Wildman–Crippen LogP) is 2.58. The van der Waals surface area contributed by atoms with E-state index in [9.17, 15) is 4.79 Å². The van der Waals surface area contributed by atoms with Gasteiger partial charge in [-0.25, -0.2) is 4.98 Å². The summed E-state index contributed by atoms with van der Waals surface area (Å²) in [6, 6.07) is 0. The summed E-state index contributed by atoms with van der Waals surface area (Å²) in [6.45, 7) is 0.974. The van der Waals surface area contributed by atoms with Crippen LogP contribution in [0.1, 0.15) is 43.6 Å². The third-order valence-electron chi connectivity index (χ3n) is 4.28. The lowest BCUT2D eigenvalue weighted by molar-refractivity contribution is -0.151. The minimum Gasteiger partial charge on any atom is -0.468 e. The molecule has 2 heterocycles. The first-order valence-corrected chi connectivity index (χ1v) is 7.32. The summed E-state index contributed by atoms with van der Waals surface area (Å²) in [7, 11) is 1.47. The number of fused-ring (bicyclic) bond motifs is 1. The normalized spacial score (nSPS) is 21.0. The third-order valence-corrected chi connectivity index (χ3v) is 4.92. The Labute approximate surface area is 115 Å². The lowest BCUT2D eigenvalue weighted by Crippen LogP contribution is -2.45. The van der Waals surface area contributed by atoms with E-state index < -0.39 is 5.41 Å². The number of aromatic nitrogens is 2. The highest BCUT2D eigenvalue weighted by Crippen LogP contribution is 2.45. The van der Waals surface area contributed by atoms with Gasteiger partial charge in [-0.3, -0.25) is 4.79 Å². The first kappa shape index (κ1) is 12.2. The molecule has 0 atom stereocenters. The van der Waals surface area contributed by atoms with Crippen molar-refractivity contribution in [3.05, 3.63) is 16.1 Å². The van der Waals surface area contributed by atoms with Gasteiger partial charge in [0.1, 0.15) is 15.8 Å². The van der Waals surface area contributed by atoms with E-state index in [1.54, 1.807) is 0 Å². The maximum absolute atomic E-state index is 12.1. The number of methoxy groups -OCH3 is 1. The van der Waals surface area contributed by atoms with Gasteiger partial charge in [-0.05, 0) is 48.0 Å². The topological polar surface area (TPSA) is 44.1 Å². The van der Waals surface area contributed by atoms with Crippen LogP contribution in [-0.2, 0) is 27.9 Å². The molecule has 0 saturated heterocycles. The molecule has 0 radical (unpaired) electrons. The first-order valence-electron chi connectivity index (χ1n) is 6.53. The lowest BCUT2D eigenvalue weighted by Gasteiger charge is -2.38. The van der Waals surface area contributed by atoms with E-state index in [0.717, 1.165) is 42.7 Å². The summed E-state index contributed by atoms with van der Waals surface area (Å²) in [5.74, 6) is 0.793. The van der Waals surface area contributed by atoms with Gasteiger partial charge in [0.05, 0.1) is 12.8 Å². The highest BCUT2D eigenvalue weighted by atomic mass is 79.9. The van der Waals surface area contributed by atoms with Crippen LogP contribution in [-0.4, -0.2) is 22.6 Å². The van der Waals surface area contributed by atoms with Crippen LogP contribution < -0.4 is 0 Å². The Hall–Kier alpha value is -0.840. The van der Waals surface area contributed by atoms with Crippen molar-refractivity contribution >= 4 is 21.9 Å². The summed E-state index contributed by atoms with van der Waals surface area (Å²) in [5.41, 5.74) is 0.763. The van der Waals surface area contributed by atoms with Crippen LogP contribution in [0.5, 0.6) is 0 Å². The molecule has 0 bridgehead atoms. The first-order chi connectivity index (χ1) is 8.69. The smallest absolute Gasteiger partial charge is 0.319 e. The standard InChI is InChI=1S/C13H17BrN2O2/c1-18-12(17)13(6-4-7-13)11-15-10(14)9-5-2-3-8-16(9)11/h2-8H2,1H3. The van der Waals surface area contributed by atoms with Crippen molar-refractivity contribution in [2.45, 2.75) is 50.5 Å². The molecule has 2 aliphatic rings. The SMILES string of the molecule is COC(=O)C1(c2nc(Br)c3n2CCCC3)CCC1. The molecule has 0 N–H and O–H groups in total. The van der Waals surface area contributed by atoms with E-state index in [-0.39, 0.29) is 5.97 Å². The van der Waals surface area contributed by atoms with Crippen LogP contribution in [0.25, 0.3) is 0 Å².